The van der Waals surface area contributed by atoms with Crippen LogP contribution in [-0.2, 0) is 6.54 Å². The fourth-order valence-electron chi connectivity index (χ4n) is 3.84. The Labute approximate surface area is 115 Å². The number of likely N-dealkylation sites (tertiary alicyclic amines) is 1. The molecule has 2 saturated heterocycles. The highest BCUT2D eigenvalue weighted by Gasteiger charge is 2.41. The molecule has 0 aromatic heterocycles. The minimum absolute atomic E-state index is 0.444. The van der Waals surface area contributed by atoms with Crippen LogP contribution in [0.1, 0.15) is 23.6 Å². The van der Waals surface area contributed by atoms with Gasteiger partial charge in [-0.1, -0.05) is 12.1 Å². The third kappa shape index (κ3) is 2.26. The highest BCUT2D eigenvalue weighted by Crippen LogP contribution is 2.34. The maximum absolute atomic E-state index is 9.85. The van der Waals surface area contributed by atoms with Gasteiger partial charge in [0.05, 0.1) is 0 Å². The number of fused-ring (bicyclic) bond motifs is 1. The minimum atomic E-state index is 0.444. The third-order valence-corrected chi connectivity index (χ3v) is 4.99. The SMILES string of the molecule is Cc1cc(CN2CC3CNCC3C2C)cc(C)c1O. The second-order valence-corrected chi connectivity index (χ2v) is 6.33. The molecule has 3 heteroatoms. The van der Waals surface area contributed by atoms with Gasteiger partial charge in [0.15, 0.2) is 0 Å². The Balaban J connectivity index is 1.75. The second kappa shape index (κ2) is 4.80. The fourth-order valence-corrected chi connectivity index (χ4v) is 3.84. The highest BCUT2D eigenvalue weighted by molar-refractivity contribution is 5.42. The van der Waals surface area contributed by atoms with Crippen molar-refractivity contribution >= 4 is 0 Å². The van der Waals surface area contributed by atoms with Gasteiger partial charge in [-0.05, 0) is 62.4 Å². The average Bonchev–Trinajstić information content (AvgIpc) is 2.91. The van der Waals surface area contributed by atoms with E-state index < -0.39 is 0 Å². The first-order valence-electron chi connectivity index (χ1n) is 7.30. The molecule has 0 spiro atoms. The largest absolute Gasteiger partial charge is 0.507 e. The summed E-state index contributed by atoms with van der Waals surface area (Å²) < 4.78 is 0. The van der Waals surface area contributed by atoms with Crippen LogP contribution in [0.15, 0.2) is 12.1 Å². The smallest absolute Gasteiger partial charge is 0.121 e. The van der Waals surface area contributed by atoms with Crippen molar-refractivity contribution in [3.05, 3.63) is 28.8 Å². The molecule has 19 heavy (non-hydrogen) atoms. The van der Waals surface area contributed by atoms with Gasteiger partial charge in [0.25, 0.3) is 0 Å². The van der Waals surface area contributed by atoms with Crippen molar-refractivity contribution in [2.24, 2.45) is 11.8 Å². The van der Waals surface area contributed by atoms with Crippen LogP contribution in [0.2, 0.25) is 0 Å². The fraction of sp³-hybridized carbons (Fsp3) is 0.625. The Morgan fingerprint density at radius 1 is 1.26 bits per heavy atom. The first-order chi connectivity index (χ1) is 9.06. The third-order valence-electron chi connectivity index (χ3n) is 4.99. The van der Waals surface area contributed by atoms with Gasteiger partial charge < -0.3 is 10.4 Å². The van der Waals surface area contributed by atoms with E-state index in [9.17, 15) is 5.11 Å². The summed E-state index contributed by atoms with van der Waals surface area (Å²) in [4.78, 5) is 2.60. The molecule has 3 unspecified atom stereocenters. The summed E-state index contributed by atoms with van der Waals surface area (Å²) in [5, 5.41) is 13.4. The van der Waals surface area contributed by atoms with Crippen LogP contribution in [0.5, 0.6) is 5.75 Å². The van der Waals surface area contributed by atoms with Crippen LogP contribution in [0, 0.1) is 25.7 Å². The van der Waals surface area contributed by atoms with E-state index in [0.717, 1.165) is 29.5 Å². The van der Waals surface area contributed by atoms with Crippen LogP contribution in [0.3, 0.4) is 0 Å². The number of nitrogens with one attached hydrogen (secondary N) is 1. The summed E-state index contributed by atoms with van der Waals surface area (Å²) in [6.07, 6.45) is 0. The number of rotatable bonds is 2. The zero-order valence-corrected chi connectivity index (χ0v) is 12.1. The number of hydrogen-bond donors (Lipinski definition) is 2. The van der Waals surface area contributed by atoms with E-state index in [-0.39, 0.29) is 0 Å². The number of nitrogens with zero attached hydrogens (tertiary/aromatic N) is 1. The van der Waals surface area contributed by atoms with Crippen molar-refractivity contribution in [2.75, 3.05) is 19.6 Å². The second-order valence-electron chi connectivity index (χ2n) is 6.33. The first kappa shape index (κ1) is 12.9. The quantitative estimate of drug-likeness (QED) is 0.854. The first-order valence-corrected chi connectivity index (χ1v) is 7.30. The number of hydrogen-bond acceptors (Lipinski definition) is 3. The van der Waals surface area contributed by atoms with E-state index in [1.54, 1.807) is 0 Å². The Morgan fingerprint density at radius 3 is 2.58 bits per heavy atom. The average molecular weight is 260 g/mol. The molecule has 2 fully saturated rings. The van der Waals surface area contributed by atoms with Crippen molar-refractivity contribution in [1.29, 1.82) is 0 Å². The monoisotopic (exact) mass is 260 g/mol. The molecular formula is C16H24N2O. The topological polar surface area (TPSA) is 35.5 Å². The van der Waals surface area contributed by atoms with Crippen molar-refractivity contribution in [1.82, 2.24) is 10.2 Å². The molecule has 1 aromatic carbocycles. The van der Waals surface area contributed by atoms with Gasteiger partial charge in [-0.25, -0.2) is 0 Å². The molecule has 2 aliphatic rings. The molecule has 104 valence electrons. The molecule has 0 saturated carbocycles. The summed E-state index contributed by atoms with van der Waals surface area (Å²) in [5.41, 5.74) is 3.31. The maximum atomic E-state index is 9.85. The number of phenols is 1. The molecule has 2 N–H and O–H groups in total. The van der Waals surface area contributed by atoms with E-state index in [4.69, 9.17) is 0 Å². The summed E-state index contributed by atoms with van der Waals surface area (Å²) in [5.74, 6) is 2.09. The molecule has 0 radical (unpaired) electrons. The van der Waals surface area contributed by atoms with Gasteiger partial charge in [0.1, 0.15) is 5.75 Å². The van der Waals surface area contributed by atoms with Gasteiger partial charge in [0, 0.05) is 19.1 Å². The van der Waals surface area contributed by atoms with E-state index in [2.05, 4.69) is 29.3 Å². The Kier molecular flexibility index (Phi) is 3.27. The van der Waals surface area contributed by atoms with Gasteiger partial charge in [-0.2, -0.15) is 0 Å². The van der Waals surface area contributed by atoms with Crippen LogP contribution in [-0.4, -0.2) is 35.7 Å². The van der Waals surface area contributed by atoms with Gasteiger partial charge in [-0.3, -0.25) is 4.90 Å². The number of aromatic hydroxyl groups is 1. The summed E-state index contributed by atoms with van der Waals surface area (Å²) in [6.45, 7) is 10.9. The molecule has 0 aliphatic carbocycles. The number of phenolic OH excluding ortho intramolecular Hbond substituents is 1. The Hall–Kier alpha value is -1.06. The van der Waals surface area contributed by atoms with Crippen LogP contribution in [0.25, 0.3) is 0 Å². The standard InChI is InChI=1S/C16H24N2O/c1-10-4-13(5-11(2)16(10)19)8-18-9-14-6-17-7-15(14)12(18)3/h4-5,12,14-15,17,19H,6-9H2,1-3H3. The lowest BCUT2D eigenvalue weighted by Crippen LogP contribution is -2.32. The van der Waals surface area contributed by atoms with Crippen molar-refractivity contribution in [3.8, 4) is 5.75 Å². The molecule has 0 amide bonds. The minimum Gasteiger partial charge on any atom is -0.507 e. The maximum Gasteiger partial charge on any atom is 0.121 e. The molecule has 0 bridgehead atoms. The van der Waals surface area contributed by atoms with Crippen LogP contribution >= 0.6 is 0 Å². The highest BCUT2D eigenvalue weighted by atomic mass is 16.3. The van der Waals surface area contributed by atoms with Crippen LogP contribution in [0.4, 0.5) is 0 Å². The normalized spacial score (nSPS) is 30.8. The Morgan fingerprint density at radius 2 is 1.95 bits per heavy atom. The lowest BCUT2D eigenvalue weighted by atomic mass is 9.95. The zero-order chi connectivity index (χ0) is 13.6. The lowest BCUT2D eigenvalue weighted by Gasteiger charge is -2.24. The van der Waals surface area contributed by atoms with E-state index in [1.165, 1.54) is 25.2 Å². The summed E-state index contributed by atoms with van der Waals surface area (Å²) in [6, 6.07) is 4.91. The van der Waals surface area contributed by atoms with Crippen molar-refractivity contribution in [2.45, 2.75) is 33.4 Å². The van der Waals surface area contributed by atoms with Gasteiger partial charge in [-0.15, -0.1) is 0 Å². The van der Waals surface area contributed by atoms with Crippen LogP contribution < -0.4 is 5.32 Å². The van der Waals surface area contributed by atoms with Crippen molar-refractivity contribution in [3.63, 3.8) is 0 Å². The predicted octanol–water partition coefficient (Wildman–Crippen LogP) is 2.05. The molecule has 3 atom stereocenters. The molecular weight excluding hydrogens is 236 g/mol. The zero-order valence-electron chi connectivity index (χ0n) is 12.1. The summed E-state index contributed by atoms with van der Waals surface area (Å²) in [7, 11) is 0. The number of aryl methyl sites for hydroxylation is 2. The van der Waals surface area contributed by atoms with E-state index in [1.807, 2.05) is 13.8 Å². The van der Waals surface area contributed by atoms with E-state index >= 15 is 0 Å². The lowest BCUT2D eigenvalue weighted by molar-refractivity contribution is 0.231. The summed E-state index contributed by atoms with van der Waals surface area (Å²) >= 11 is 0. The Bertz CT molecular complexity index is 463. The van der Waals surface area contributed by atoms with Gasteiger partial charge >= 0.3 is 0 Å². The molecule has 2 aliphatic heterocycles. The molecule has 1 aromatic rings. The predicted molar refractivity (Wildman–Crippen MR) is 77.3 cm³/mol. The molecule has 3 rings (SSSR count). The molecule has 3 nitrogen and oxygen atoms in total. The van der Waals surface area contributed by atoms with Gasteiger partial charge in [0.2, 0.25) is 0 Å². The number of benzene rings is 1. The van der Waals surface area contributed by atoms with Crippen molar-refractivity contribution < 1.29 is 5.11 Å². The molecule has 2 heterocycles. The van der Waals surface area contributed by atoms with E-state index in [0.29, 0.717) is 11.8 Å².